The normalized spacial score (nSPS) is 11.8. The second-order valence-electron chi connectivity index (χ2n) is 10.5. The fourth-order valence-electron chi connectivity index (χ4n) is 5.05. The summed E-state index contributed by atoms with van der Waals surface area (Å²) >= 11 is 0. The van der Waals surface area contributed by atoms with Gasteiger partial charge in [0.05, 0.1) is 17.7 Å². The molecule has 0 saturated heterocycles. The SMILES string of the molecule is CCNC(=O)C(Cc1ccccc1)N(Cc1cccc(OC)c1)C(=O)CN(c1cccc(C)c1C)S(=O)(=O)c1ccccc1. The number of benzene rings is 4. The first-order chi connectivity index (χ1) is 21.1. The zero-order valence-corrected chi connectivity index (χ0v) is 26.4. The molecule has 9 heteroatoms. The van der Waals surface area contributed by atoms with E-state index < -0.39 is 28.5 Å². The number of rotatable bonds is 13. The number of hydrogen-bond donors (Lipinski definition) is 1. The molecule has 0 spiro atoms. The quantitative estimate of drug-likeness (QED) is 0.221. The van der Waals surface area contributed by atoms with Crippen LogP contribution in [0, 0.1) is 13.8 Å². The number of likely N-dealkylation sites (N-methyl/N-ethyl adjacent to an activating group) is 1. The summed E-state index contributed by atoms with van der Waals surface area (Å²) in [7, 11) is -2.59. The zero-order valence-electron chi connectivity index (χ0n) is 25.6. The number of carbonyl (C=O) groups excluding carboxylic acids is 2. The molecule has 8 nitrogen and oxygen atoms in total. The summed E-state index contributed by atoms with van der Waals surface area (Å²) in [5, 5.41) is 2.88. The summed E-state index contributed by atoms with van der Waals surface area (Å²) in [6.07, 6.45) is 0.247. The van der Waals surface area contributed by atoms with E-state index in [0.29, 0.717) is 18.0 Å². The van der Waals surface area contributed by atoms with Gasteiger partial charge in [-0.2, -0.15) is 0 Å². The molecule has 0 fully saturated rings. The van der Waals surface area contributed by atoms with Crippen molar-refractivity contribution in [1.82, 2.24) is 10.2 Å². The van der Waals surface area contributed by atoms with Gasteiger partial charge in [0.1, 0.15) is 18.3 Å². The molecule has 4 aromatic carbocycles. The molecule has 0 aliphatic rings. The Morgan fingerprint density at radius 1 is 0.841 bits per heavy atom. The van der Waals surface area contributed by atoms with Gasteiger partial charge in [0.2, 0.25) is 11.8 Å². The molecule has 0 aliphatic heterocycles. The smallest absolute Gasteiger partial charge is 0.264 e. The highest BCUT2D eigenvalue weighted by atomic mass is 32.2. The number of ether oxygens (including phenoxy) is 1. The third kappa shape index (κ3) is 7.65. The maximum absolute atomic E-state index is 14.5. The molecule has 0 saturated carbocycles. The van der Waals surface area contributed by atoms with Gasteiger partial charge < -0.3 is 15.0 Å². The summed E-state index contributed by atoms with van der Waals surface area (Å²) in [5.41, 5.74) is 3.64. The van der Waals surface area contributed by atoms with Gasteiger partial charge in [-0.1, -0.05) is 72.8 Å². The third-order valence-corrected chi connectivity index (χ3v) is 9.34. The van der Waals surface area contributed by atoms with Crippen LogP contribution in [0.15, 0.2) is 108 Å². The number of sulfonamides is 1. The average molecular weight is 614 g/mol. The maximum atomic E-state index is 14.5. The molecule has 44 heavy (non-hydrogen) atoms. The zero-order chi connectivity index (χ0) is 31.7. The first-order valence-corrected chi connectivity index (χ1v) is 16.0. The topological polar surface area (TPSA) is 96.0 Å². The van der Waals surface area contributed by atoms with E-state index >= 15 is 0 Å². The molecule has 2 amide bonds. The van der Waals surface area contributed by atoms with E-state index in [0.717, 1.165) is 26.6 Å². The van der Waals surface area contributed by atoms with Crippen molar-refractivity contribution in [1.29, 1.82) is 0 Å². The monoisotopic (exact) mass is 613 g/mol. The Labute approximate surface area is 260 Å². The van der Waals surface area contributed by atoms with Crippen LogP contribution in [-0.2, 0) is 32.6 Å². The Morgan fingerprint density at radius 2 is 1.48 bits per heavy atom. The Morgan fingerprint density at radius 3 is 2.14 bits per heavy atom. The van der Waals surface area contributed by atoms with Gasteiger partial charge >= 0.3 is 0 Å². The number of anilines is 1. The molecule has 230 valence electrons. The number of nitrogens with one attached hydrogen (secondary N) is 1. The van der Waals surface area contributed by atoms with Crippen molar-refractivity contribution in [2.24, 2.45) is 0 Å². The van der Waals surface area contributed by atoms with Gasteiger partial charge in [0.25, 0.3) is 10.0 Å². The van der Waals surface area contributed by atoms with E-state index in [4.69, 9.17) is 4.74 Å². The van der Waals surface area contributed by atoms with E-state index in [1.165, 1.54) is 17.0 Å². The number of hydrogen-bond acceptors (Lipinski definition) is 5. The molecule has 0 bridgehead atoms. The molecule has 0 heterocycles. The first kappa shape index (κ1) is 32.3. The van der Waals surface area contributed by atoms with Crippen molar-refractivity contribution in [3.05, 3.63) is 125 Å². The van der Waals surface area contributed by atoms with Crippen molar-refractivity contribution in [3.63, 3.8) is 0 Å². The van der Waals surface area contributed by atoms with Crippen molar-refractivity contribution in [2.75, 3.05) is 24.5 Å². The van der Waals surface area contributed by atoms with Crippen LogP contribution in [0.3, 0.4) is 0 Å². The summed E-state index contributed by atoms with van der Waals surface area (Å²) in [6.45, 7) is 5.49. The van der Waals surface area contributed by atoms with Crippen molar-refractivity contribution in [2.45, 2.75) is 44.7 Å². The lowest BCUT2D eigenvalue weighted by Gasteiger charge is -2.34. The Kier molecular flexibility index (Phi) is 10.8. The number of amides is 2. The fourth-order valence-corrected chi connectivity index (χ4v) is 6.55. The van der Waals surface area contributed by atoms with Gasteiger partial charge in [-0.3, -0.25) is 13.9 Å². The number of nitrogens with zero attached hydrogens (tertiary/aromatic N) is 2. The minimum absolute atomic E-state index is 0.0662. The van der Waals surface area contributed by atoms with E-state index in [1.807, 2.05) is 69.3 Å². The van der Waals surface area contributed by atoms with Gasteiger partial charge in [0.15, 0.2) is 0 Å². The highest BCUT2D eigenvalue weighted by molar-refractivity contribution is 7.92. The Balaban J connectivity index is 1.83. The summed E-state index contributed by atoms with van der Waals surface area (Å²) in [4.78, 5) is 29.7. The standard InChI is InChI=1S/C35H39N3O5S/c1-5-36-35(40)33(23-28-15-8-6-9-16-28)37(24-29-17-13-18-30(22-29)43-4)34(39)25-38(32-21-12-14-26(2)27(32)3)44(41,42)31-19-10-7-11-20-31/h6-22,33H,5,23-25H2,1-4H3,(H,36,40). The van der Waals surface area contributed by atoms with Gasteiger partial charge in [-0.05, 0) is 73.4 Å². The summed E-state index contributed by atoms with van der Waals surface area (Å²) < 4.78 is 34.9. The minimum Gasteiger partial charge on any atom is -0.497 e. The average Bonchev–Trinajstić information content (AvgIpc) is 3.04. The number of aryl methyl sites for hydroxylation is 1. The lowest BCUT2D eigenvalue weighted by atomic mass is 10.0. The van der Waals surface area contributed by atoms with Gasteiger partial charge in [-0.15, -0.1) is 0 Å². The van der Waals surface area contributed by atoms with Crippen LogP contribution in [0.4, 0.5) is 5.69 Å². The lowest BCUT2D eigenvalue weighted by Crippen LogP contribution is -2.53. The van der Waals surface area contributed by atoms with Crippen LogP contribution >= 0.6 is 0 Å². The van der Waals surface area contributed by atoms with Crippen molar-refractivity contribution in [3.8, 4) is 5.75 Å². The highest BCUT2D eigenvalue weighted by Crippen LogP contribution is 2.29. The summed E-state index contributed by atoms with van der Waals surface area (Å²) in [6, 6.07) is 29.3. The van der Waals surface area contributed by atoms with Crippen molar-refractivity contribution >= 4 is 27.5 Å². The molecule has 0 radical (unpaired) electrons. The van der Waals surface area contributed by atoms with Gasteiger partial charge in [-0.25, -0.2) is 8.42 Å². The summed E-state index contributed by atoms with van der Waals surface area (Å²) in [5.74, 6) is -0.228. The maximum Gasteiger partial charge on any atom is 0.264 e. The molecular formula is C35H39N3O5S. The molecule has 1 atom stereocenters. The van der Waals surface area contributed by atoms with Crippen LogP contribution in [0.5, 0.6) is 5.75 Å². The molecule has 0 aromatic heterocycles. The predicted molar refractivity (Wildman–Crippen MR) is 173 cm³/mol. The molecule has 1 unspecified atom stereocenters. The van der Waals surface area contributed by atoms with Crippen molar-refractivity contribution < 1.29 is 22.7 Å². The number of carbonyl (C=O) groups is 2. The molecule has 0 aliphatic carbocycles. The predicted octanol–water partition coefficient (Wildman–Crippen LogP) is 5.28. The molecule has 4 rings (SSSR count). The highest BCUT2D eigenvalue weighted by Gasteiger charge is 2.35. The van der Waals surface area contributed by atoms with Crippen LogP contribution in [-0.4, -0.2) is 51.4 Å². The Bertz CT molecular complexity index is 1680. The van der Waals surface area contributed by atoms with E-state index in [1.54, 1.807) is 49.6 Å². The Hall–Kier alpha value is -4.63. The van der Waals surface area contributed by atoms with Crippen LogP contribution in [0.2, 0.25) is 0 Å². The van der Waals surface area contributed by atoms with Gasteiger partial charge in [0, 0.05) is 19.5 Å². The lowest BCUT2D eigenvalue weighted by molar-refractivity contribution is -0.140. The fraction of sp³-hybridized carbons (Fsp3) is 0.257. The second-order valence-corrected chi connectivity index (χ2v) is 12.4. The van der Waals surface area contributed by atoms with Crippen LogP contribution in [0.25, 0.3) is 0 Å². The van der Waals surface area contributed by atoms with Crippen LogP contribution in [0.1, 0.15) is 29.2 Å². The van der Waals surface area contributed by atoms with E-state index in [2.05, 4.69) is 5.32 Å². The van der Waals surface area contributed by atoms with Crippen LogP contribution < -0.4 is 14.4 Å². The second kappa shape index (κ2) is 14.7. The third-order valence-electron chi connectivity index (χ3n) is 7.56. The molecule has 4 aromatic rings. The minimum atomic E-state index is -4.16. The number of methoxy groups -OCH3 is 1. The van der Waals surface area contributed by atoms with E-state index in [-0.39, 0.29) is 23.8 Å². The molecular weight excluding hydrogens is 574 g/mol. The largest absolute Gasteiger partial charge is 0.497 e. The van der Waals surface area contributed by atoms with E-state index in [9.17, 15) is 18.0 Å². The molecule has 1 N–H and O–H groups in total. The first-order valence-electron chi connectivity index (χ1n) is 14.5.